The molecule has 0 radical (unpaired) electrons. The lowest BCUT2D eigenvalue weighted by Crippen LogP contribution is -2.35. The van der Waals surface area contributed by atoms with E-state index in [1.165, 1.54) is 4.90 Å². The smallest absolute Gasteiger partial charge is 0.256 e. The zero-order valence-corrected chi connectivity index (χ0v) is 11.7. The highest BCUT2D eigenvalue weighted by Crippen LogP contribution is 2.13. The minimum absolute atomic E-state index is 0.0396. The zero-order valence-electron chi connectivity index (χ0n) is 11.7. The van der Waals surface area contributed by atoms with Crippen LogP contribution in [-0.2, 0) is 4.79 Å². The molecule has 0 atom stereocenters. The monoisotopic (exact) mass is 283 g/mol. The number of rotatable bonds is 4. The predicted molar refractivity (Wildman–Crippen MR) is 82.9 cm³/mol. The number of amides is 2. The number of benzene rings is 2. The second kappa shape index (κ2) is 6.56. The highest BCUT2D eigenvalue weighted by Gasteiger charge is 2.16. The zero-order chi connectivity index (χ0) is 15.2. The van der Waals surface area contributed by atoms with Crippen LogP contribution in [0.25, 0.3) is 0 Å². The Morgan fingerprint density at radius 1 is 1.05 bits per heavy atom. The third kappa shape index (κ3) is 3.82. The number of likely N-dealkylation sites (N-methyl/N-ethyl adjacent to an activating group) is 1. The van der Waals surface area contributed by atoms with Crippen molar-refractivity contribution in [2.24, 2.45) is 0 Å². The molecule has 2 amide bonds. The van der Waals surface area contributed by atoms with Crippen molar-refractivity contribution in [2.45, 2.75) is 0 Å². The number of carbonyl (C=O) groups is 2. The van der Waals surface area contributed by atoms with Gasteiger partial charge in [-0.25, -0.2) is 0 Å². The second-order valence-corrected chi connectivity index (χ2v) is 4.66. The Labute approximate surface area is 123 Å². The molecule has 0 aromatic heterocycles. The summed E-state index contributed by atoms with van der Waals surface area (Å²) in [5.41, 5.74) is 7.26. The first kappa shape index (κ1) is 14.6. The number of hydrogen-bond donors (Lipinski definition) is 2. The Bertz CT molecular complexity index is 641. The number of nitrogens with zero attached hydrogens (tertiary/aromatic N) is 1. The topological polar surface area (TPSA) is 75.4 Å². The first-order chi connectivity index (χ1) is 10.1. The number of carbonyl (C=O) groups excluding carboxylic acids is 2. The summed E-state index contributed by atoms with van der Waals surface area (Å²) < 4.78 is 0. The van der Waals surface area contributed by atoms with Gasteiger partial charge in [-0.15, -0.1) is 0 Å². The fourth-order valence-electron chi connectivity index (χ4n) is 1.91. The Morgan fingerprint density at radius 3 is 2.33 bits per heavy atom. The lowest BCUT2D eigenvalue weighted by molar-refractivity contribution is -0.116. The van der Waals surface area contributed by atoms with E-state index in [2.05, 4.69) is 5.32 Å². The van der Waals surface area contributed by atoms with Gasteiger partial charge in [0.1, 0.15) is 0 Å². The van der Waals surface area contributed by atoms with E-state index < -0.39 is 0 Å². The quantitative estimate of drug-likeness (QED) is 0.842. The summed E-state index contributed by atoms with van der Waals surface area (Å²) in [7, 11) is 1.57. The van der Waals surface area contributed by atoms with Crippen LogP contribution < -0.4 is 11.1 Å². The van der Waals surface area contributed by atoms with Gasteiger partial charge in [-0.2, -0.15) is 0 Å². The normalized spacial score (nSPS) is 9.95. The minimum atomic E-state index is -0.281. The summed E-state index contributed by atoms with van der Waals surface area (Å²) in [6.07, 6.45) is 0. The van der Waals surface area contributed by atoms with Crippen molar-refractivity contribution in [1.29, 1.82) is 0 Å². The molecule has 21 heavy (non-hydrogen) atoms. The number of nitrogen functional groups attached to an aromatic ring is 1. The van der Waals surface area contributed by atoms with E-state index in [1.54, 1.807) is 43.4 Å². The molecule has 5 heteroatoms. The molecule has 2 aromatic rings. The van der Waals surface area contributed by atoms with Crippen molar-refractivity contribution in [3.05, 3.63) is 60.2 Å². The molecule has 3 N–H and O–H groups in total. The van der Waals surface area contributed by atoms with Gasteiger partial charge in [0.15, 0.2) is 0 Å². The van der Waals surface area contributed by atoms with E-state index in [4.69, 9.17) is 5.73 Å². The van der Waals surface area contributed by atoms with Gasteiger partial charge >= 0.3 is 0 Å². The van der Waals surface area contributed by atoms with Crippen LogP contribution in [0.2, 0.25) is 0 Å². The summed E-state index contributed by atoms with van der Waals surface area (Å²) in [6.45, 7) is -0.0396. The van der Waals surface area contributed by atoms with Crippen molar-refractivity contribution in [3.63, 3.8) is 0 Å². The van der Waals surface area contributed by atoms with Crippen molar-refractivity contribution >= 4 is 23.2 Å². The van der Waals surface area contributed by atoms with Crippen LogP contribution in [0, 0.1) is 0 Å². The van der Waals surface area contributed by atoms with Gasteiger partial charge in [0.2, 0.25) is 5.91 Å². The Morgan fingerprint density at radius 2 is 1.67 bits per heavy atom. The lowest BCUT2D eigenvalue weighted by atomic mass is 10.1. The molecule has 0 unspecified atom stereocenters. The molecule has 0 bridgehead atoms. The summed E-state index contributed by atoms with van der Waals surface area (Å²) in [5.74, 6) is -0.539. The first-order valence-electron chi connectivity index (χ1n) is 6.53. The average molecular weight is 283 g/mol. The first-order valence-corrected chi connectivity index (χ1v) is 6.53. The van der Waals surface area contributed by atoms with Crippen LogP contribution in [0.4, 0.5) is 11.4 Å². The molecule has 108 valence electrons. The van der Waals surface area contributed by atoms with Crippen molar-refractivity contribution < 1.29 is 9.59 Å². The molecule has 0 saturated carbocycles. The van der Waals surface area contributed by atoms with Crippen LogP contribution in [0.3, 0.4) is 0 Å². The summed E-state index contributed by atoms with van der Waals surface area (Å²) in [5, 5.41) is 2.73. The predicted octanol–water partition coefficient (Wildman–Crippen LogP) is 1.98. The van der Waals surface area contributed by atoms with Crippen molar-refractivity contribution in [1.82, 2.24) is 4.90 Å². The van der Waals surface area contributed by atoms with Gasteiger partial charge in [0, 0.05) is 18.4 Å². The summed E-state index contributed by atoms with van der Waals surface area (Å²) in [6, 6.07) is 15.9. The molecule has 0 fully saturated rings. The Hall–Kier alpha value is -2.82. The largest absolute Gasteiger partial charge is 0.398 e. The molecule has 0 saturated heterocycles. The maximum atomic E-state index is 12.2. The molecular formula is C16H17N3O2. The van der Waals surface area contributed by atoms with Crippen molar-refractivity contribution in [3.8, 4) is 0 Å². The lowest BCUT2D eigenvalue weighted by Gasteiger charge is -2.17. The standard InChI is InChI=1S/C16H17N3O2/c1-19(16(21)13-9-5-6-10-14(13)17)11-15(20)18-12-7-3-2-4-8-12/h2-10H,11,17H2,1H3,(H,18,20). The Balaban J connectivity index is 1.98. The molecule has 0 aliphatic heterocycles. The molecule has 0 aliphatic carbocycles. The number of nitrogens with two attached hydrogens (primary N) is 1. The van der Waals surface area contributed by atoms with Gasteiger partial charge in [-0.05, 0) is 24.3 Å². The summed E-state index contributed by atoms with van der Waals surface area (Å²) in [4.78, 5) is 25.5. The van der Waals surface area contributed by atoms with E-state index in [0.717, 1.165) is 0 Å². The van der Waals surface area contributed by atoms with Gasteiger partial charge in [-0.3, -0.25) is 9.59 Å². The maximum Gasteiger partial charge on any atom is 0.256 e. The van der Waals surface area contributed by atoms with Gasteiger partial charge in [0.05, 0.1) is 12.1 Å². The minimum Gasteiger partial charge on any atom is -0.398 e. The number of para-hydroxylation sites is 2. The second-order valence-electron chi connectivity index (χ2n) is 4.66. The Kier molecular flexibility index (Phi) is 4.56. The molecule has 2 rings (SSSR count). The molecule has 2 aromatic carbocycles. The van der Waals surface area contributed by atoms with Crippen molar-refractivity contribution in [2.75, 3.05) is 24.6 Å². The van der Waals surface area contributed by atoms with Crippen LogP contribution in [0.1, 0.15) is 10.4 Å². The highest BCUT2D eigenvalue weighted by atomic mass is 16.2. The third-order valence-electron chi connectivity index (χ3n) is 2.98. The molecule has 5 nitrogen and oxygen atoms in total. The fraction of sp³-hybridized carbons (Fsp3) is 0.125. The van der Waals surface area contributed by atoms with E-state index in [1.807, 2.05) is 18.2 Å². The average Bonchev–Trinajstić information content (AvgIpc) is 2.48. The molecule has 0 aliphatic rings. The van der Waals surface area contributed by atoms with Gasteiger partial charge < -0.3 is 16.0 Å². The summed E-state index contributed by atoms with van der Waals surface area (Å²) >= 11 is 0. The van der Waals surface area contributed by atoms with Crippen LogP contribution in [0.5, 0.6) is 0 Å². The van der Waals surface area contributed by atoms with E-state index in [0.29, 0.717) is 16.9 Å². The highest BCUT2D eigenvalue weighted by molar-refractivity contribution is 6.02. The maximum absolute atomic E-state index is 12.2. The van der Waals surface area contributed by atoms with E-state index in [9.17, 15) is 9.59 Å². The molecule has 0 heterocycles. The van der Waals surface area contributed by atoms with Gasteiger partial charge in [0.25, 0.3) is 5.91 Å². The van der Waals surface area contributed by atoms with Crippen LogP contribution in [-0.4, -0.2) is 30.3 Å². The number of nitrogens with one attached hydrogen (secondary N) is 1. The van der Waals surface area contributed by atoms with Gasteiger partial charge in [-0.1, -0.05) is 30.3 Å². The van der Waals surface area contributed by atoms with Crippen LogP contribution >= 0.6 is 0 Å². The van der Waals surface area contributed by atoms with Crippen LogP contribution in [0.15, 0.2) is 54.6 Å². The number of hydrogen-bond acceptors (Lipinski definition) is 3. The number of anilines is 2. The molecular weight excluding hydrogens is 266 g/mol. The SMILES string of the molecule is CN(CC(=O)Nc1ccccc1)C(=O)c1ccccc1N. The van der Waals surface area contributed by atoms with E-state index >= 15 is 0 Å². The molecule has 0 spiro atoms. The third-order valence-corrected chi connectivity index (χ3v) is 2.98. The fourth-order valence-corrected chi connectivity index (χ4v) is 1.91. The van der Waals surface area contributed by atoms with E-state index in [-0.39, 0.29) is 18.4 Å².